The summed E-state index contributed by atoms with van der Waals surface area (Å²) in [6, 6.07) is 9.18. The number of phenols is 2. The van der Waals surface area contributed by atoms with Gasteiger partial charge in [-0.15, -0.1) is 0 Å². The van der Waals surface area contributed by atoms with Gasteiger partial charge < -0.3 is 10.2 Å². The zero-order valence-corrected chi connectivity index (χ0v) is 9.82. The van der Waals surface area contributed by atoms with Gasteiger partial charge in [0.25, 0.3) is 5.91 Å². The molecule has 1 aromatic heterocycles. The van der Waals surface area contributed by atoms with Gasteiger partial charge in [0.1, 0.15) is 5.69 Å². The van der Waals surface area contributed by atoms with E-state index in [9.17, 15) is 9.90 Å². The monoisotopic (exact) mass is 257 g/mol. The Bertz CT molecular complexity index is 612. The third-order valence-electron chi connectivity index (χ3n) is 2.28. The normalized spacial score (nSPS) is 10.5. The van der Waals surface area contributed by atoms with E-state index >= 15 is 0 Å². The van der Waals surface area contributed by atoms with E-state index in [-0.39, 0.29) is 17.2 Å². The number of hydrogen-bond donors (Lipinski definition) is 3. The molecule has 96 valence electrons. The summed E-state index contributed by atoms with van der Waals surface area (Å²) < 4.78 is 0. The fraction of sp³-hybridized carbons (Fsp3) is 0. The van der Waals surface area contributed by atoms with E-state index in [1.807, 2.05) is 0 Å². The molecule has 0 atom stereocenters. The molecule has 3 N–H and O–H groups in total. The van der Waals surface area contributed by atoms with Crippen LogP contribution in [0.4, 0.5) is 0 Å². The number of hydrazone groups is 1. The maximum Gasteiger partial charge on any atom is 0.289 e. The van der Waals surface area contributed by atoms with Crippen LogP contribution in [0.5, 0.6) is 11.5 Å². The van der Waals surface area contributed by atoms with Gasteiger partial charge in [-0.25, -0.2) is 5.43 Å². The molecule has 1 heterocycles. The van der Waals surface area contributed by atoms with E-state index in [1.165, 1.54) is 24.5 Å². The highest BCUT2D eigenvalue weighted by Gasteiger charge is 2.03. The molecule has 0 unspecified atom stereocenters. The van der Waals surface area contributed by atoms with Crippen molar-refractivity contribution in [2.75, 3.05) is 0 Å². The van der Waals surface area contributed by atoms with Gasteiger partial charge in [0.05, 0.1) is 6.21 Å². The number of benzene rings is 1. The summed E-state index contributed by atoms with van der Waals surface area (Å²) in [7, 11) is 0. The van der Waals surface area contributed by atoms with E-state index in [2.05, 4.69) is 15.5 Å². The van der Waals surface area contributed by atoms with Crippen LogP contribution in [0.15, 0.2) is 47.7 Å². The Morgan fingerprint density at radius 1 is 1.21 bits per heavy atom. The first-order valence-electron chi connectivity index (χ1n) is 5.43. The fourth-order valence-electron chi connectivity index (χ4n) is 1.34. The molecule has 6 nitrogen and oxygen atoms in total. The minimum absolute atomic E-state index is 0.213. The number of phenolic OH excluding ortho intramolecular Hbond substituents is 2. The molecule has 19 heavy (non-hydrogen) atoms. The van der Waals surface area contributed by atoms with E-state index in [4.69, 9.17) is 5.11 Å². The first-order valence-corrected chi connectivity index (χ1v) is 5.43. The maximum atomic E-state index is 11.6. The second-order valence-electron chi connectivity index (χ2n) is 3.66. The molecule has 0 spiro atoms. The van der Waals surface area contributed by atoms with Gasteiger partial charge >= 0.3 is 0 Å². The standard InChI is InChI=1S/C13H11N3O3/c17-11-5-4-9(7-12(11)18)8-15-16-13(19)10-3-1-2-6-14-10/h1-8,17-18H,(H,16,19)/b15-8-. The highest BCUT2D eigenvalue weighted by molar-refractivity contribution is 5.93. The van der Waals surface area contributed by atoms with Crippen LogP contribution in [-0.4, -0.2) is 27.3 Å². The Balaban J connectivity index is 2.00. The molecule has 0 radical (unpaired) electrons. The van der Waals surface area contributed by atoms with Crippen molar-refractivity contribution in [1.82, 2.24) is 10.4 Å². The van der Waals surface area contributed by atoms with Gasteiger partial charge in [0.2, 0.25) is 0 Å². The van der Waals surface area contributed by atoms with Gasteiger partial charge in [0.15, 0.2) is 11.5 Å². The summed E-state index contributed by atoms with van der Waals surface area (Å²) in [4.78, 5) is 15.5. The zero-order valence-electron chi connectivity index (χ0n) is 9.82. The van der Waals surface area contributed by atoms with Crippen LogP contribution >= 0.6 is 0 Å². The first kappa shape index (κ1) is 12.6. The average molecular weight is 257 g/mol. The van der Waals surface area contributed by atoms with Crippen LogP contribution in [0.25, 0.3) is 0 Å². The van der Waals surface area contributed by atoms with Crippen LogP contribution in [-0.2, 0) is 0 Å². The zero-order chi connectivity index (χ0) is 13.7. The molecule has 1 amide bonds. The number of nitrogens with one attached hydrogen (secondary N) is 1. The van der Waals surface area contributed by atoms with Gasteiger partial charge in [-0.3, -0.25) is 9.78 Å². The number of pyridine rings is 1. The summed E-state index contributed by atoms with van der Waals surface area (Å²) in [5, 5.41) is 22.1. The number of carbonyl (C=O) groups excluding carboxylic acids is 1. The molecule has 2 aromatic rings. The first-order chi connectivity index (χ1) is 9.16. The Labute approximate surface area is 109 Å². The van der Waals surface area contributed by atoms with Crippen molar-refractivity contribution in [3.05, 3.63) is 53.9 Å². The molecule has 0 aliphatic carbocycles. The van der Waals surface area contributed by atoms with Crippen LogP contribution in [0, 0.1) is 0 Å². The summed E-state index contributed by atoms with van der Waals surface area (Å²) in [5.74, 6) is -0.894. The van der Waals surface area contributed by atoms with Crippen molar-refractivity contribution < 1.29 is 15.0 Å². The molecule has 6 heteroatoms. The van der Waals surface area contributed by atoms with Gasteiger partial charge in [-0.2, -0.15) is 5.10 Å². The predicted octanol–water partition coefficient (Wildman–Crippen LogP) is 1.26. The lowest BCUT2D eigenvalue weighted by molar-refractivity contribution is 0.0950. The van der Waals surface area contributed by atoms with E-state index in [0.29, 0.717) is 5.56 Å². The minimum atomic E-state index is -0.431. The highest BCUT2D eigenvalue weighted by atomic mass is 16.3. The fourth-order valence-corrected chi connectivity index (χ4v) is 1.34. The molecule has 0 fully saturated rings. The van der Waals surface area contributed by atoms with Crippen molar-refractivity contribution >= 4 is 12.1 Å². The third-order valence-corrected chi connectivity index (χ3v) is 2.28. The number of aromatic nitrogens is 1. The van der Waals surface area contributed by atoms with Crippen molar-refractivity contribution in [2.24, 2.45) is 5.10 Å². The lowest BCUT2D eigenvalue weighted by Gasteiger charge is -1.99. The van der Waals surface area contributed by atoms with Crippen LogP contribution in [0.3, 0.4) is 0 Å². The van der Waals surface area contributed by atoms with Crippen molar-refractivity contribution in [3.63, 3.8) is 0 Å². The lowest BCUT2D eigenvalue weighted by atomic mass is 10.2. The Morgan fingerprint density at radius 2 is 2.05 bits per heavy atom. The molecule has 0 saturated heterocycles. The number of hydrogen-bond acceptors (Lipinski definition) is 5. The number of rotatable bonds is 3. The molecular weight excluding hydrogens is 246 g/mol. The van der Waals surface area contributed by atoms with Gasteiger partial charge in [-0.1, -0.05) is 6.07 Å². The number of aromatic hydroxyl groups is 2. The van der Waals surface area contributed by atoms with Crippen LogP contribution < -0.4 is 5.43 Å². The van der Waals surface area contributed by atoms with Gasteiger partial charge in [-0.05, 0) is 35.9 Å². The average Bonchev–Trinajstić information content (AvgIpc) is 2.43. The quantitative estimate of drug-likeness (QED) is 0.438. The third kappa shape index (κ3) is 3.29. The Morgan fingerprint density at radius 3 is 2.74 bits per heavy atom. The highest BCUT2D eigenvalue weighted by Crippen LogP contribution is 2.23. The van der Waals surface area contributed by atoms with Crippen LogP contribution in [0.1, 0.15) is 16.1 Å². The van der Waals surface area contributed by atoms with Gasteiger partial charge in [0, 0.05) is 6.20 Å². The second kappa shape index (κ2) is 5.63. The number of carbonyl (C=O) groups is 1. The Kier molecular flexibility index (Phi) is 3.72. The number of amides is 1. The summed E-state index contributed by atoms with van der Waals surface area (Å²) >= 11 is 0. The second-order valence-corrected chi connectivity index (χ2v) is 3.66. The lowest BCUT2D eigenvalue weighted by Crippen LogP contribution is -2.18. The predicted molar refractivity (Wildman–Crippen MR) is 69.1 cm³/mol. The molecule has 0 bridgehead atoms. The molecule has 2 rings (SSSR count). The van der Waals surface area contributed by atoms with Crippen molar-refractivity contribution in [3.8, 4) is 11.5 Å². The molecule has 0 aliphatic rings. The molecule has 1 aromatic carbocycles. The summed E-state index contributed by atoms with van der Waals surface area (Å²) in [6.45, 7) is 0. The maximum absolute atomic E-state index is 11.6. The Hall–Kier alpha value is -2.89. The van der Waals surface area contributed by atoms with Crippen molar-refractivity contribution in [1.29, 1.82) is 0 Å². The summed E-state index contributed by atoms with van der Waals surface area (Å²) in [5.41, 5.74) is 3.10. The smallest absolute Gasteiger partial charge is 0.289 e. The molecule has 0 aliphatic heterocycles. The SMILES string of the molecule is O=C(N/N=C\c1ccc(O)c(O)c1)c1ccccn1. The topological polar surface area (TPSA) is 94.8 Å². The van der Waals surface area contributed by atoms with Crippen molar-refractivity contribution in [2.45, 2.75) is 0 Å². The number of nitrogens with zero attached hydrogens (tertiary/aromatic N) is 2. The molecular formula is C13H11N3O3. The minimum Gasteiger partial charge on any atom is -0.504 e. The van der Waals surface area contributed by atoms with E-state index < -0.39 is 5.91 Å². The van der Waals surface area contributed by atoms with E-state index in [1.54, 1.807) is 24.3 Å². The largest absolute Gasteiger partial charge is 0.504 e. The molecule has 0 saturated carbocycles. The summed E-state index contributed by atoms with van der Waals surface area (Å²) in [6.07, 6.45) is 2.86. The van der Waals surface area contributed by atoms with E-state index in [0.717, 1.165) is 0 Å². The van der Waals surface area contributed by atoms with Crippen LogP contribution in [0.2, 0.25) is 0 Å².